The molecule has 0 bridgehead atoms. The van der Waals surface area contributed by atoms with Crippen LogP contribution in [-0.4, -0.2) is 40.3 Å². The molecule has 1 aromatic carbocycles. The summed E-state index contributed by atoms with van der Waals surface area (Å²) < 4.78 is 33.6. The Kier molecular flexibility index (Phi) is 6.14. The number of nitrogens with zero attached hydrogens (tertiary/aromatic N) is 4. The molecule has 7 nitrogen and oxygen atoms in total. The second-order valence-corrected chi connectivity index (χ2v) is 5.59. The zero-order valence-electron chi connectivity index (χ0n) is 14.8. The van der Waals surface area contributed by atoms with Crippen LogP contribution in [0.3, 0.4) is 0 Å². The molecule has 0 aliphatic carbocycles. The molecule has 3 aromatic rings. The summed E-state index contributed by atoms with van der Waals surface area (Å²) in [6.07, 6.45) is 1.88. The van der Waals surface area contributed by atoms with Crippen molar-refractivity contribution in [3.63, 3.8) is 0 Å². The molecule has 0 fully saturated rings. The van der Waals surface area contributed by atoms with Gasteiger partial charge in [-0.15, -0.1) is 10.2 Å². The molecule has 27 heavy (non-hydrogen) atoms. The van der Waals surface area contributed by atoms with Crippen LogP contribution in [0.25, 0.3) is 5.65 Å². The molecule has 0 amide bonds. The fraction of sp³-hybridized carbons (Fsp3) is 0.278. The van der Waals surface area contributed by atoms with Gasteiger partial charge in [-0.3, -0.25) is 4.40 Å². The van der Waals surface area contributed by atoms with Gasteiger partial charge in [-0.25, -0.2) is 13.8 Å². The highest BCUT2D eigenvalue weighted by Gasteiger charge is 2.06. The van der Waals surface area contributed by atoms with Gasteiger partial charge < -0.3 is 15.4 Å². The van der Waals surface area contributed by atoms with Crippen LogP contribution < -0.4 is 15.4 Å². The average molecular weight is 374 g/mol. The van der Waals surface area contributed by atoms with E-state index in [1.807, 2.05) is 35.7 Å². The molecular weight excluding hydrogens is 354 g/mol. The van der Waals surface area contributed by atoms with Crippen LogP contribution in [-0.2, 0) is 6.54 Å². The van der Waals surface area contributed by atoms with Crippen LogP contribution in [0, 0.1) is 11.6 Å². The summed E-state index contributed by atoms with van der Waals surface area (Å²) in [5, 5.41) is 14.4. The van der Waals surface area contributed by atoms with Crippen LogP contribution in [0.2, 0.25) is 0 Å². The van der Waals surface area contributed by atoms with Crippen molar-refractivity contribution < 1.29 is 13.5 Å². The Hall–Kier alpha value is -3.23. The Morgan fingerprint density at radius 2 is 2.07 bits per heavy atom. The van der Waals surface area contributed by atoms with E-state index in [1.54, 1.807) is 0 Å². The third-order valence-corrected chi connectivity index (χ3v) is 3.65. The van der Waals surface area contributed by atoms with Crippen molar-refractivity contribution in [2.45, 2.75) is 13.5 Å². The fourth-order valence-electron chi connectivity index (χ4n) is 2.41. The van der Waals surface area contributed by atoms with Crippen LogP contribution >= 0.6 is 0 Å². The Bertz CT molecular complexity index is 927. The molecule has 3 rings (SSSR count). The lowest BCUT2D eigenvalue weighted by molar-refractivity contribution is 0.304. The van der Waals surface area contributed by atoms with Gasteiger partial charge >= 0.3 is 0 Å². The summed E-state index contributed by atoms with van der Waals surface area (Å²) in [6, 6.07) is 8.87. The first-order valence-corrected chi connectivity index (χ1v) is 8.56. The molecule has 0 saturated carbocycles. The van der Waals surface area contributed by atoms with E-state index in [0.29, 0.717) is 31.4 Å². The molecule has 0 saturated heterocycles. The maximum Gasteiger partial charge on any atom is 0.191 e. The van der Waals surface area contributed by atoms with Gasteiger partial charge in [0, 0.05) is 18.8 Å². The smallest absolute Gasteiger partial charge is 0.191 e. The highest BCUT2D eigenvalue weighted by atomic mass is 19.1. The predicted octanol–water partition coefficient (Wildman–Crippen LogP) is 2.14. The number of aromatic nitrogens is 3. The zero-order chi connectivity index (χ0) is 19.1. The van der Waals surface area contributed by atoms with Gasteiger partial charge in [0.05, 0.1) is 6.54 Å². The summed E-state index contributed by atoms with van der Waals surface area (Å²) >= 11 is 0. The van der Waals surface area contributed by atoms with Gasteiger partial charge in [-0.05, 0) is 31.2 Å². The van der Waals surface area contributed by atoms with Crippen molar-refractivity contribution in [1.29, 1.82) is 0 Å². The van der Waals surface area contributed by atoms with E-state index in [9.17, 15) is 8.78 Å². The summed E-state index contributed by atoms with van der Waals surface area (Å²) in [4.78, 5) is 4.47. The molecule has 142 valence electrons. The second kappa shape index (κ2) is 8.93. The topological polar surface area (TPSA) is 75.8 Å². The van der Waals surface area contributed by atoms with Gasteiger partial charge in [0.25, 0.3) is 0 Å². The molecule has 0 unspecified atom stereocenters. The summed E-state index contributed by atoms with van der Waals surface area (Å²) in [7, 11) is 0. The van der Waals surface area contributed by atoms with Crippen molar-refractivity contribution >= 4 is 11.6 Å². The monoisotopic (exact) mass is 374 g/mol. The molecule has 0 aliphatic rings. The lowest BCUT2D eigenvalue weighted by Gasteiger charge is -2.12. The zero-order valence-corrected chi connectivity index (χ0v) is 14.8. The number of pyridine rings is 1. The third-order valence-electron chi connectivity index (χ3n) is 3.65. The molecule has 2 aromatic heterocycles. The maximum atomic E-state index is 13.5. The number of nitrogens with one attached hydrogen (secondary N) is 2. The van der Waals surface area contributed by atoms with E-state index in [1.165, 1.54) is 6.07 Å². The minimum Gasteiger partial charge on any atom is -0.489 e. The number of hydrogen-bond acceptors (Lipinski definition) is 4. The largest absolute Gasteiger partial charge is 0.489 e. The molecule has 9 heteroatoms. The van der Waals surface area contributed by atoms with E-state index < -0.39 is 11.6 Å². The van der Waals surface area contributed by atoms with Gasteiger partial charge in [0.2, 0.25) is 0 Å². The summed E-state index contributed by atoms with van der Waals surface area (Å²) in [5.41, 5.74) is 0.760. The fourth-order valence-corrected chi connectivity index (χ4v) is 2.41. The minimum atomic E-state index is -0.728. The molecule has 0 spiro atoms. The maximum absolute atomic E-state index is 13.5. The number of hydrogen-bond donors (Lipinski definition) is 2. The van der Waals surface area contributed by atoms with Crippen molar-refractivity contribution in [2.24, 2.45) is 4.99 Å². The second-order valence-electron chi connectivity index (χ2n) is 5.59. The Labute approximate surface area is 155 Å². The van der Waals surface area contributed by atoms with Crippen molar-refractivity contribution in [3.05, 3.63) is 60.1 Å². The van der Waals surface area contributed by atoms with Crippen LogP contribution in [0.1, 0.15) is 12.7 Å². The lowest BCUT2D eigenvalue weighted by atomic mass is 10.3. The van der Waals surface area contributed by atoms with Crippen LogP contribution in [0.4, 0.5) is 8.78 Å². The number of rotatable bonds is 7. The van der Waals surface area contributed by atoms with Gasteiger partial charge in [0.15, 0.2) is 29.0 Å². The number of ether oxygens (including phenoxy) is 1. The first-order chi connectivity index (χ1) is 13.2. The molecule has 2 heterocycles. The van der Waals surface area contributed by atoms with Crippen molar-refractivity contribution in [1.82, 2.24) is 25.2 Å². The van der Waals surface area contributed by atoms with Gasteiger partial charge in [-0.1, -0.05) is 6.07 Å². The number of fused-ring (bicyclic) bond motifs is 1. The molecule has 2 N–H and O–H groups in total. The van der Waals surface area contributed by atoms with Gasteiger partial charge in [0.1, 0.15) is 19.0 Å². The van der Waals surface area contributed by atoms with Crippen LogP contribution in [0.5, 0.6) is 5.75 Å². The lowest BCUT2D eigenvalue weighted by Crippen LogP contribution is -2.39. The number of benzene rings is 1. The average Bonchev–Trinajstić information content (AvgIpc) is 3.08. The van der Waals surface area contributed by atoms with E-state index >= 15 is 0 Å². The Morgan fingerprint density at radius 1 is 1.19 bits per heavy atom. The Balaban J connectivity index is 1.54. The molecule has 0 aliphatic heterocycles. The molecular formula is C18H20F2N6O. The SMILES string of the molecule is CCNC(=NCc1nnc2ccccn12)NCCOc1ccc(F)cc1F. The van der Waals surface area contributed by atoms with Crippen molar-refractivity contribution in [3.8, 4) is 5.75 Å². The molecule has 0 radical (unpaired) electrons. The van der Waals surface area contributed by atoms with E-state index in [-0.39, 0.29) is 12.4 Å². The van der Waals surface area contributed by atoms with E-state index in [2.05, 4.69) is 25.8 Å². The number of halogens is 2. The highest BCUT2D eigenvalue weighted by molar-refractivity contribution is 5.79. The van der Waals surface area contributed by atoms with Gasteiger partial charge in [-0.2, -0.15) is 0 Å². The van der Waals surface area contributed by atoms with Crippen molar-refractivity contribution in [2.75, 3.05) is 19.7 Å². The quantitative estimate of drug-likeness (QED) is 0.377. The highest BCUT2D eigenvalue weighted by Crippen LogP contribution is 2.17. The molecule has 0 atom stereocenters. The number of guanidine groups is 1. The van der Waals surface area contributed by atoms with Crippen LogP contribution in [0.15, 0.2) is 47.6 Å². The minimum absolute atomic E-state index is 0.00932. The summed E-state index contributed by atoms with van der Waals surface area (Å²) in [6.45, 7) is 3.56. The predicted molar refractivity (Wildman–Crippen MR) is 97.7 cm³/mol. The standard InChI is InChI=1S/C18H20F2N6O/c1-2-21-18(22-8-10-27-15-7-6-13(19)11-14(15)20)23-12-17-25-24-16-5-3-4-9-26(16)17/h3-7,9,11H,2,8,10,12H2,1H3,(H2,21,22,23). The first-order valence-electron chi connectivity index (χ1n) is 8.56. The van der Waals surface area contributed by atoms with E-state index in [0.717, 1.165) is 17.8 Å². The first kappa shape index (κ1) is 18.6. The van der Waals surface area contributed by atoms with E-state index in [4.69, 9.17) is 4.74 Å². The normalized spacial score (nSPS) is 11.6. The third kappa shape index (κ3) is 4.90. The number of aliphatic imine (C=N–C) groups is 1. The summed E-state index contributed by atoms with van der Waals surface area (Å²) in [5.74, 6) is -0.0642. The Morgan fingerprint density at radius 3 is 2.89 bits per heavy atom.